The lowest BCUT2D eigenvalue weighted by Crippen LogP contribution is -2.54. The monoisotopic (exact) mass is 414 g/mol. The van der Waals surface area contributed by atoms with Gasteiger partial charge in [0, 0.05) is 0 Å². The van der Waals surface area contributed by atoms with Gasteiger partial charge in [-0.2, -0.15) is 0 Å². The van der Waals surface area contributed by atoms with E-state index >= 15 is 0 Å². The molecule has 4 aliphatic rings. The number of rotatable bonds is 5. The van der Waals surface area contributed by atoms with Gasteiger partial charge in [0.25, 0.3) is 0 Å². The van der Waals surface area contributed by atoms with Gasteiger partial charge in [0.1, 0.15) is 0 Å². The molecule has 0 heteroatoms. The van der Waals surface area contributed by atoms with Gasteiger partial charge >= 0.3 is 0 Å². The third-order valence-corrected chi connectivity index (χ3v) is 12.3. The Morgan fingerprint density at radius 3 is 1.73 bits per heavy atom. The summed E-state index contributed by atoms with van der Waals surface area (Å²) >= 11 is 0. The van der Waals surface area contributed by atoms with Gasteiger partial charge in [-0.3, -0.25) is 0 Å². The summed E-state index contributed by atoms with van der Waals surface area (Å²) in [5, 5.41) is 0. The Morgan fingerprint density at radius 1 is 0.600 bits per heavy atom. The number of fused-ring (bicyclic) bond motifs is 1. The first kappa shape index (κ1) is 23.2. The van der Waals surface area contributed by atoms with Gasteiger partial charge in [-0.25, -0.2) is 0 Å². The van der Waals surface area contributed by atoms with Crippen LogP contribution in [0.1, 0.15) is 150 Å². The van der Waals surface area contributed by atoms with Crippen LogP contribution in [0.5, 0.6) is 0 Å². The van der Waals surface area contributed by atoms with Crippen molar-refractivity contribution in [3.05, 3.63) is 0 Å². The third-order valence-electron chi connectivity index (χ3n) is 12.3. The Labute approximate surface area is 189 Å². The molecule has 174 valence electrons. The van der Waals surface area contributed by atoms with Crippen LogP contribution in [-0.2, 0) is 0 Å². The SMILES string of the molecule is CC(CC(C1CCCC2(C)CCCCC12C)C1(C)CCCCC1)C1(C)CCCCC1. The van der Waals surface area contributed by atoms with Crippen LogP contribution < -0.4 is 0 Å². The van der Waals surface area contributed by atoms with Crippen molar-refractivity contribution in [2.75, 3.05) is 0 Å². The van der Waals surface area contributed by atoms with E-state index < -0.39 is 0 Å². The van der Waals surface area contributed by atoms with Crippen molar-refractivity contribution >= 4 is 0 Å². The Balaban J connectivity index is 1.65. The van der Waals surface area contributed by atoms with Gasteiger partial charge in [-0.1, -0.05) is 92.4 Å². The molecule has 5 atom stereocenters. The summed E-state index contributed by atoms with van der Waals surface area (Å²) in [4.78, 5) is 0. The van der Waals surface area contributed by atoms with Crippen molar-refractivity contribution in [1.82, 2.24) is 0 Å². The minimum Gasteiger partial charge on any atom is -0.0620 e. The van der Waals surface area contributed by atoms with E-state index in [4.69, 9.17) is 0 Å². The van der Waals surface area contributed by atoms with Crippen LogP contribution in [0.2, 0.25) is 0 Å². The molecule has 5 unspecified atom stereocenters. The first-order chi connectivity index (χ1) is 14.2. The highest BCUT2D eigenvalue weighted by molar-refractivity contribution is 5.06. The van der Waals surface area contributed by atoms with Gasteiger partial charge in [0.15, 0.2) is 0 Å². The lowest BCUT2D eigenvalue weighted by atomic mass is 9.42. The van der Waals surface area contributed by atoms with Crippen molar-refractivity contribution in [3.8, 4) is 0 Å². The quantitative estimate of drug-likeness (QED) is 0.419. The molecule has 0 nitrogen and oxygen atoms in total. The summed E-state index contributed by atoms with van der Waals surface area (Å²) in [7, 11) is 0. The highest BCUT2D eigenvalue weighted by Gasteiger charge is 2.57. The second kappa shape index (κ2) is 8.74. The Kier molecular flexibility index (Phi) is 6.75. The van der Waals surface area contributed by atoms with Crippen molar-refractivity contribution in [3.63, 3.8) is 0 Å². The average Bonchev–Trinajstić information content (AvgIpc) is 2.73. The molecular weight excluding hydrogens is 360 g/mol. The van der Waals surface area contributed by atoms with E-state index in [1.165, 1.54) is 116 Å². The fourth-order valence-electron chi connectivity index (χ4n) is 9.50. The average molecular weight is 415 g/mol. The fraction of sp³-hybridized carbons (Fsp3) is 1.00. The van der Waals surface area contributed by atoms with Crippen LogP contribution in [0, 0.1) is 39.4 Å². The molecule has 0 radical (unpaired) electrons. The van der Waals surface area contributed by atoms with Crippen LogP contribution in [0.4, 0.5) is 0 Å². The number of hydrogen-bond acceptors (Lipinski definition) is 0. The van der Waals surface area contributed by atoms with E-state index in [-0.39, 0.29) is 0 Å². The minimum absolute atomic E-state index is 0.599. The van der Waals surface area contributed by atoms with Gasteiger partial charge in [-0.15, -0.1) is 0 Å². The molecule has 0 N–H and O–H groups in total. The summed E-state index contributed by atoms with van der Waals surface area (Å²) in [5.41, 5.74) is 2.45. The predicted octanol–water partition coefficient (Wildman–Crippen LogP) is 9.96. The van der Waals surface area contributed by atoms with Crippen molar-refractivity contribution in [2.45, 2.75) is 150 Å². The van der Waals surface area contributed by atoms with Gasteiger partial charge < -0.3 is 0 Å². The van der Waals surface area contributed by atoms with Gasteiger partial charge in [0.05, 0.1) is 0 Å². The normalized spacial score (nSPS) is 40.9. The van der Waals surface area contributed by atoms with Crippen LogP contribution in [0.3, 0.4) is 0 Å². The summed E-state index contributed by atoms with van der Waals surface area (Å²) in [5.74, 6) is 2.85. The van der Waals surface area contributed by atoms with Crippen LogP contribution >= 0.6 is 0 Å². The molecule has 0 spiro atoms. The van der Waals surface area contributed by atoms with Crippen LogP contribution in [0.15, 0.2) is 0 Å². The van der Waals surface area contributed by atoms with Crippen molar-refractivity contribution in [1.29, 1.82) is 0 Å². The molecule has 0 saturated heterocycles. The van der Waals surface area contributed by atoms with Gasteiger partial charge in [-0.05, 0) is 97.2 Å². The highest BCUT2D eigenvalue weighted by atomic mass is 14.6. The molecule has 0 aromatic heterocycles. The lowest BCUT2D eigenvalue weighted by Gasteiger charge is -2.62. The molecule has 0 aromatic carbocycles. The molecule has 0 heterocycles. The zero-order valence-corrected chi connectivity index (χ0v) is 21.5. The van der Waals surface area contributed by atoms with E-state index in [1.807, 2.05) is 0 Å². The first-order valence-corrected chi connectivity index (χ1v) is 14.2. The summed E-state index contributed by atoms with van der Waals surface area (Å²) in [6.07, 6.45) is 27.1. The lowest BCUT2D eigenvalue weighted by molar-refractivity contribution is -0.129. The topological polar surface area (TPSA) is 0 Å². The second-order valence-corrected chi connectivity index (χ2v) is 13.9. The van der Waals surface area contributed by atoms with E-state index in [2.05, 4.69) is 34.6 Å². The molecule has 30 heavy (non-hydrogen) atoms. The maximum absolute atomic E-state index is 2.78. The molecule has 0 amide bonds. The molecular formula is C30H54. The summed E-state index contributed by atoms with van der Waals surface area (Å²) in [6, 6.07) is 0. The smallest absolute Gasteiger partial charge is 0.0241 e. The van der Waals surface area contributed by atoms with Crippen molar-refractivity contribution in [2.24, 2.45) is 39.4 Å². The summed E-state index contributed by atoms with van der Waals surface area (Å²) < 4.78 is 0. The molecule has 0 bridgehead atoms. The van der Waals surface area contributed by atoms with E-state index in [0.29, 0.717) is 21.7 Å². The third kappa shape index (κ3) is 4.05. The molecule has 4 aliphatic carbocycles. The first-order valence-electron chi connectivity index (χ1n) is 14.2. The molecule has 0 aromatic rings. The standard InChI is InChI=1S/C30H54/c1-24(27(2)16-8-6-9-17-27)23-26(28(3)18-10-7-11-19-28)25-15-14-21-29(4)20-12-13-22-30(25,29)5/h24-26H,6-23H2,1-5H3. The molecule has 4 rings (SSSR count). The Morgan fingerprint density at radius 2 is 1.10 bits per heavy atom. The van der Waals surface area contributed by atoms with Crippen LogP contribution in [0.25, 0.3) is 0 Å². The molecule has 4 fully saturated rings. The predicted molar refractivity (Wildman–Crippen MR) is 132 cm³/mol. The second-order valence-electron chi connectivity index (χ2n) is 13.9. The Hall–Kier alpha value is 0. The van der Waals surface area contributed by atoms with E-state index in [9.17, 15) is 0 Å². The van der Waals surface area contributed by atoms with Crippen LogP contribution in [-0.4, -0.2) is 0 Å². The Bertz CT molecular complexity index is 559. The molecule has 0 aliphatic heterocycles. The van der Waals surface area contributed by atoms with E-state index in [1.54, 1.807) is 0 Å². The van der Waals surface area contributed by atoms with Crippen molar-refractivity contribution < 1.29 is 0 Å². The largest absolute Gasteiger partial charge is 0.0620 e. The van der Waals surface area contributed by atoms with E-state index in [0.717, 1.165) is 17.8 Å². The van der Waals surface area contributed by atoms with Gasteiger partial charge in [0.2, 0.25) is 0 Å². The zero-order chi connectivity index (χ0) is 21.5. The number of hydrogen-bond donors (Lipinski definition) is 0. The zero-order valence-electron chi connectivity index (χ0n) is 21.5. The molecule has 4 saturated carbocycles. The minimum atomic E-state index is 0.599. The maximum atomic E-state index is 2.78. The fourth-order valence-corrected chi connectivity index (χ4v) is 9.50. The highest BCUT2D eigenvalue weighted by Crippen LogP contribution is 2.66. The maximum Gasteiger partial charge on any atom is -0.0241 e. The summed E-state index contributed by atoms with van der Waals surface area (Å²) in [6.45, 7) is 13.6.